The van der Waals surface area contributed by atoms with Crippen LogP contribution in [0.2, 0.25) is 0 Å². The highest BCUT2D eigenvalue weighted by Gasteiger charge is 2.33. The predicted molar refractivity (Wildman–Crippen MR) is 78.4 cm³/mol. The summed E-state index contributed by atoms with van der Waals surface area (Å²) in [5, 5.41) is 3.84. The Morgan fingerprint density at radius 3 is 2.95 bits per heavy atom. The molecule has 3 rings (SSSR count). The lowest BCUT2D eigenvalue weighted by Crippen LogP contribution is -2.49. The van der Waals surface area contributed by atoms with E-state index in [2.05, 4.69) is 15.0 Å². The number of aromatic nitrogens is 2. The lowest BCUT2D eigenvalue weighted by molar-refractivity contribution is 0.0487. The molecule has 7 heteroatoms. The van der Waals surface area contributed by atoms with E-state index in [9.17, 15) is 4.79 Å². The van der Waals surface area contributed by atoms with Crippen molar-refractivity contribution in [1.29, 1.82) is 0 Å². The van der Waals surface area contributed by atoms with Gasteiger partial charge in [0.05, 0.1) is 11.8 Å². The minimum atomic E-state index is -0.0733. The van der Waals surface area contributed by atoms with Crippen LogP contribution in [0.4, 0.5) is 0 Å². The van der Waals surface area contributed by atoms with Crippen molar-refractivity contribution in [3.63, 3.8) is 0 Å². The Morgan fingerprint density at radius 2 is 2.27 bits per heavy atom. The Kier molecular flexibility index (Phi) is 3.98. The van der Waals surface area contributed by atoms with Gasteiger partial charge in [0.1, 0.15) is 11.8 Å². The molecule has 0 radical (unpaired) electrons. The minimum absolute atomic E-state index is 0.0000581. The van der Waals surface area contributed by atoms with Gasteiger partial charge in [-0.2, -0.15) is 4.98 Å². The first-order valence-corrected chi connectivity index (χ1v) is 7.46. The molecule has 1 atom stereocenters. The van der Waals surface area contributed by atoms with E-state index in [0.29, 0.717) is 36.8 Å². The second-order valence-electron chi connectivity index (χ2n) is 5.54. The summed E-state index contributed by atoms with van der Waals surface area (Å²) in [6.07, 6.45) is 2.27. The summed E-state index contributed by atoms with van der Waals surface area (Å²) >= 11 is 0. The normalized spacial score (nSPS) is 19.6. The zero-order valence-electron chi connectivity index (χ0n) is 13.1. The average molecular weight is 304 g/mol. The van der Waals surface area contributed by atoms with Gasteiger partial charge in [-0.25, -0.2) is 0 Å². The molecule has 3 heterocycles. The van der Waals surface area contributed by atoms with Crippen LogP contribution in [0.1, 0.15) is 40.8 Å². The van der Waals surface area contributed by atoms with Gasteiger partial charge in [0, 0.05) is 26.1 Å². The molecule has 1 unspecified atom stereocenters. The molecule has 22 heavy (non-hydrogen) atoms. The highest BCUT2D eigenvalue weighted by Crippen LogP contribution is 2.24. The zero-order valence-corrected chi connectivity index (χ0v) is 13.1. The summed E-state index contributed by atoms with van der Waals surface area (Å²) in [5.41, 5.74) is 0.646. The number of amides is 1. The molecule has 2 aromatic heterocycles. The first-order chi connectivity index (χ1) is 10.6. The van der Waals surface area contributed by atoms with Gasteiger partial charge in [-0.05, 0) is 20.0 Å². The van der Waals surface area contributed by atoms with Crippen molar-refractivity contribution in [2.45, 2.75) is 26.3 Å². The number of piperazine rings is 1. The fourth-order valence-corrected chi connectivity index (χ4v) is 2.75. The SMILES string of the molecule is CCc1occc1C(=O)N1CCN(C)C(c2nc(C)no2)C1. The minimum Gasteiger partial charge on any atom is -0.469 e. The molecule has 0 aliphatic carbocycles. The maximum absolute atomic E-state index is 12.7. The molecule has 1 fully saturated rings. The van der Waals surface area contributed by atoms with Crippen molar-refractivity contribution >= 4 is 5.91 Å². The highest BCUT2D eigenvalue weighted by atomic mass is 16.5. The van der Waals surface area contributed by atoms with Crippen LogP contribution < -0.4 is 0 Å². The smallest absolute Gasteiger partial charge is 0.257 e. The lowest BCUT2D eigenvalue weighted by atomic mass is 10.1. The molecule has 0 bridgehead atoms. The third-order valence-corrected chi connectivity index (χ3v) is 4.06. The van der Waals surface area contributed by atoms with Crippen molar-refractivity contribution in [2.75, 3.05) is 26.7 Å². The van der Waals surface area contributed by atoms with Crippen LogP contribution in [-0.4, -0.2) is 52.5 Å². The zero-order chi connectivity index (χ0) is 15.7. The van der Waals surface area contributed by atoms with E-state index >= 15 is 0 Å². The first kappa shape index (κ1) is 14.8. The van der Waals surface area contributed by atoms with E-state index in [1.165, 1.54) is 0 Å². The number of furan rings is 1. The molecule has 1 aliphatic rings. The van der Waals surface area contributed by atoms with Crippen LogP contribution in [0.25, 0.3) is 0 Å². The first-order valence-electron chi connectivity index (χ1n) is 7.46. The van der Waals surface area contributed by atoms with Crippen LogP contribution in [0.5, 0.6) is 0 Å². The third kappa shape index (κ3) is 2.64. The van der Waals surface area contributed by atoms with E-state index in [1.807, 2.05) is 18.9 Å². The number of nitrogens with zero attached hydrogens (tertiary/aromatic N) is 4. The molecule has 0 aromatic carbocycles. The van der Waals surface area contributed by atoms with Crippen molar-refractivity contribution in [3.05, 3.63) is 35.4 Å². The van der Waals surface area contributed by atoms with Crippen LogP contribution in [0, 0.1) is 6.92 Å². The second kappa shape index (κ2) is 5.92. The topological polar surface area (TPSA) is 75.6 Å². The molecule has 1 amide bonds. The Hall–Kier alpha value is -2.15. The van der Waals surface area contributed by atoms with Crippen molar-refractivity contribution in [1.82, 2.24) is 19.9 Å². The Morgan fingerprint density at radius 1 is 1.45 bits per heavy atom. The maximum atomic E-state index is 12.7. The monoisotopic (exact) mass is 304 g/mol. The summed E-state index contributed by atoms with van der Waals surface area (Å²) in [6.45, 7) is 5.73. The van der Waals surface area contributed by atoms with Gasteiger partial charge in [0.2, 0.25) is 5.89 Å². The average Bonchev–Trinajstić information content (AvgIpc) is 3.15. The van der Waals surface area contributed by atoms with E-state index < -0.39 is 0 Å². The number of carbonyl (C=O) groups is 1. The van der Waals surface area contributed by atoms with Gasteiger partial charge < -0.3 is 13.8 Å². The van der Waals surface area contributed by atoms with Gasteiger partial charge in [-0.15, -0.1) is 0 Å². The molecular weight excluding hydrogens is 284 g/mol. The van der Waals surface area contributed by atoms with Crippen LogP contribution >= 0.6 is 0 Å². The number of hydrogen-bond donors (Lipinski definition) is 0. The molecule has 118 valence electrons. The van der Waals surface area contributed by atoms with Gasteiger partial charge in [-0.3, -0.25) is 9.69 Å². The van der Waals surface area contributed by atoms with Gasteiger partial charge in [-0.1, -0.05) is 12.1 Å². The van der Waals surface area contributed by atoms with Gasteiger partial charge in [0.15, 0.2) is 5.82 Å². The molecule has 7 nitrogen and oxygen atoms in total. The Bertz CT molecular complexity index is 663. The van der Waals surface area contributed by atoms with E-state index in [-0.39, 0.29) is 11.9 Å². The summed E-state index contributed by atoms with van der Waals surface area (Å²) in [5.74, 6) is 1.89. The van der Waals surface area contributed by atoms with Crippen LogP contribution in [0.15, 0.2) is 21.3 Å². The largest absolute Gasteiger partial charge is 0.469 e. The molecular formula is C15H20N4O3. The number of aryl methyl sites for hydroxylation is 2. The molecule has 1 aliphatic heterocycles. The summed E-state index contributed by atoms with van der Waals surface area (Å²) in [7, 11) is 2.00. The maximum Gasteiger partial charge on any atom is 0.257 e. The quantitative estimate of drug-likeness (QED) is 0.858. The standard InChI is InChI=1S/C15H20N4O3/c1-4-13-11(5-8-21-13)15(20)19-7-6-18(3)12(9-19)14-16-10(2)17-22-14/h5,8,12H,4,6-7,9H2,1-3H3. The van der Waals surface area contributed by atoms with Crippen LogP contribution in [0.3, 0.4) is 0 Å². The highest BCUT2D eigenvalue weighted by molar-refractivity contribution is 5.95. The van der Waals surface area contributed by atoms with E-state index in [4.69, 9.17) is 8.94 Å². The third-order valence-electron chi connectivity index (χ3n) is 4.06. The lowest BCUT2D eigenvalue weighted by Gasteiger charge is -2.37. The molecule has 0 saturated carbocycles. The molecule has 0 N–H and O–H groups in total. The Labute approximate surface area is 128 Å². The fourth-order valence-electron chi connectivity index (χ4n) is 2.75. The molecule has 0 spiro atoms. The second-order valence-corrected chi connectivity index (χ2v) is 5.54. The summed E-state index contributed by atoms with van der Waals surface area (Å²) in [4.78, 5) is 21.0. The Balaban J connectivity index is 1.79. The van der Waals surface area contributed by atoms with E-state index in [0.717, 1.165) is 12.3 Å². The summed E-state index contributed by atoms with van der Waals surface area (Å²) in [6, 6.07) is 1.67. The van der Waals surface area contributed by atoms with Crippen molar-refractivity contribution in [3.8, 4) is 0 Å². The number of rotatable bonds is 3. The van der Waals surface area contributed by atoms with E-state index in [1.54, 1.807) is 19.3 Å². The molecule has 2 aromatic rings. The number of likely N-dealkylation sites (N-methyl/N-ethyl adjacent to an activating group) is 1. The van der Waals surface area contributed by atoms with Crippen molar-refractivity contribution < 1.29 is 13.7 Å². The van der Waals surface area contributed by atoms with Crippen molar-refractivity contribution in [2.24, 2.45) is 0 Å². The predicted octanol–water partition coefficient (Wildman–Crippen LogP) is 1.66. The number of hydrogen-bond acceptors (Lipinski definition) is 6. The van der Waals surface area contributed by atoms with Gasteiger partial charge >= 0.3 is 0 Å². The molecule has 1 saturated heterocycles. The van der Waals surface area contributed by atoms with Gasteiger partial charge in [0.25, 0.3) is 5.91 Å². The fraction of sp³-hybridized carbons (Fsp3) is 0.533. The van der Waals surface area contributed by atoms with Crippen LogP contribution in [-0.2, 0) is 6.42 Å². The summed E-state index contributed by atoms with van der Waals surface area (Å²) < 4.78 is 10.6. The number of carbonyl (C=O) groups excluding carboxylic acids is 1.